The maximum Gasteiger partial charge on any atom is 0.530 e. The smallest absolute Gasteiger partial charge is 0.403 e. The van der Waals surface area contributed by atoms with E-state index in [4.69, 9.17) is 13.6 Å². The second-order valence-electron chi connectivity index (χ2n) is 3.59. The molecule has 0 bridgehead atoms. The van der Waals surface area contributed by atoms with E-state index in [2.05, 4.69) is 0 Å². The molecule has 0 radical (unpaired) electrons. The maximum absolute atomic E-state index is 12.2. The molecule has 1 aromatic carbocycles. The van der Waals surface area contributed by atoms with Crippen LogP contribution in [0.3, 0.4) is 0 Å². The van der Waals surface area contributed by atoms with Crippen molar-refractivity contribution in [2.24, 2.45) is 0 Å². The Hall–Kier alpha value is -0.830. The van der Waals surface area contributed by atoms with Crippen molar-refractivity contribution in [2.75, 3.05) is 13.2 Å². The molecule has 5 heteroatoms. The molecule has 1 rings (SSSR count). The summed E-state index contributed by atoms with van der Waals surface area (Å²) in [5.41, 5.74) is 1.81. The Kier molecular flexibility index (Phi) is 5.19. The number of phosphoric acid groups is 1. The van der Waals surface area contributed by atoms with Gasteiger partial charge in [0.15, 0.2) is 0 Å². The van der Waals surface area contributed by atoms with Crippen molar-refractivity contribution in [2.45, 2.75) is 27.7 Å². The van der Waals surface area contributed by atoms with Crippen molar-refractivity contribution < 1.29 is 18.1 Å². The molecule has 0 aromatic heterocycles. The average Bonchev–Trinajstić information content (AvgIpc) is 2.24. The molecule has 0 aliphatic carbocycles. The van der Waals surface area contributed by atoms with Gasteiger partial charge < -0.3 is 4.52 Å². The molecular formula is C12H19O4P. The van der Waals surface area contributed by atoms with E-state index in [1.807, 2.05) is 32.0 Å². The lowest BCUT2D eigenvalue weighted by molar-refractivity contribution is 0.167. The van der Waals surface area contributed by atoms with Crippen molar-refractivity contribution in [3.63, 3.8) is 0 Å². The van der Waals surface area contributed by atoms with Crippen LogP contribution in [0.4, 0.5) is 0 Å². The van der Waals surface area contributed by atoms with Crippen molar-refractivity contribution in [3.8, 4) is 5.75 Å². The molecule has 0 saturated heterocycles. The monoisotopic (exact) mass is 258 g/mol. The van der Waals surface area contributed by atoms with E-state index in [1.165, 1.54) is 0 Å². The minimum atomic E-state index is -3.50. The highest BCUT2D eigenvalue weighted by molar-refractivity contribution is 7.48. The molecule has 0 N–H and O–H groups in total. The third-order valence-corrected chi connectivity index (χ3v) is 3.74. The quantitative estimate of drug-likeness (QED) is 0.727. The van der Waals surface area contributed by atoms with Gasteiger partial charge in [-0.05, 0) is 38.8 Å². The average molecular weight is 258 g/mol. The summed E-state index contributed by atoms with van der Waals surface area (Å²) < 4.78 is 27.9. The lowest BCUT2D eigenvalue weighted by Crippen LogP contribution is -2.04. The molecule has 0 unspecified atom stereocenters. The fraction of sp³-hybridized carbons (Fsp3) is 0.500. The normalized spacial score (nSPS) is 11.5. The summed E-state index contributed by atoms with van der Waals surface area (Å²) in [5, 5.41) is 0. The first kappa shape index (κ1) is 14.2. The zero-order valence-corrected chi connectivity index (χ0v) is 11.6. The molecule has 4 nitrogen and oxygen atoms in total. The van der Waals surface area contributed by atoms with E-state index in [0.717, 1.165) is 11.1 Å². The highest BCUT2D eigenvalue weighted by Gasteiger charge is 2.28. The number of hydrogen-bond acceptors (Lipinski definition) is 4. The topological polar surface area (TPSA) is 44.8 Å². The summed E-state index contributed by atoms with van der Waals surface area (Å²) in [6.07, 6.45) is 0. The first-order valence-corrected chi connectivity index (χ1v) is 7.13. The minimum absolute atomic E-state index is 0.280. The van der Waals surface area contributed by atoms with Gasteiger partial charge >= 0.3 is 7.82 Å². The first-order chi connectivity index (χ1) is 8.02. The number of rotatable bonds is 6. The van der Waals surface area contributed by atoms with Crippen LogP contribution in [0.1, 0.15) is 25.0 Å². The largest absolute Gasteiger partial charge is 0.530 e. The van der Waals surface area contributed by atoms with Gasteiger partial charge in [0.05, 0.1) is 13.2 Å². The zero-order chi connectivity index (χ0) is 12.9. The van der Waals surface area contributed by atoms with E-state index in [1.54, 1.807) is 13.8 Å². The minimum Gasteiger partial charge on any atom is -0.403 e. The maximum atomic E-state index is 12.2. The molecule has 0 saturated carbocycles. The third-order valence-electron chi connectivity index (χ3n) is 2.19. The third kappa shape index (κ3) is 3.84. The SMILES string of the molecule is CCOP(=O)(OCC)Oc1c(C)cccc1C. The molecule has 0 spiro atoms. The first-order valence-electron chi connectivity index (χ1n) is 5.67. The van der Waals surface area contributed by atoms with Crippen LogP contribution in [0.15, 0.2) is 18.2 Å². The van der Waals surface area contributed by atoms with Gasteiger partial charge in [-0.2, -0.15) is 0 Å². The van der Waals surface area contributed by atoms with E-state index in [9.17, 15) is 4.57 Å². The van der Waals surface area contributed by atoms with E-state index in [-0.39, 0.29) is 13.2 Å². The summed E-state index contributed by atoms with van der Waals surface area (Å²) in [5.74, 6) is 0.567. The molecule has 0 fully saturated rings. The Bertz CT molecular complexity index is 387. The number of para-hydroxylation sites is 1. The lowest BCUT2D eigenvalue weighted by atomic mass is 10.1. The second-order valence-corrected chi connectivity index (χ2v) is 5.19. The molecule has 0 heterocycles. The summed E-state index contributed by atoms with van der Waals surface area (Å²) >= 11 is 0. The predicted octanol–water partition coefficient (Wildman–Crippen LogP) is 3.86. The van der Waals surface area contributed by atoms with Crippen molar-refractivity contribution >= 4 is 7.82 Å². The lowest BCUT2D eigenvalue weighted by Gasteiger charge is -2.19. The Morgan fingerprint density at radius 1 is 1.06 bits per heavy atom. The van der Waals surface area contributed by atoms with Gasteiger partial charge in [0.2, 0.25) is 0 Å². The molecule has 96 valence electrons. The molecular weight excluding hydrogens is 239 g/mol. The van der Waals surface area contributed by atoms with E-state index in [0.29, 0.717) is 5.75 Å². The molecule has 0 amide bonds. The van der Waals surface area contributed by atoms with Crippen LogP contribution in [0.2, 0.25) is 0 Å². The Morgan fingerprint density at radius 2 is 1.53 bits per heavy atom. The molecule has 0 atom stereocenters. The number of phosphoric ester groups is 1. The fourth-order valence-electron chi connectivity index (χ4n) is 1.46. The van der Waals surface area contributed by atoms with Gasteiger partial charge in [-0.3, -0.25) is 9.05 Å². The Morgan fingerprint density at radius 3 is 1.94 bits per heavy atom. The summed E-state index contributed by atoms with van der Waals surface area (Å²) in [6, 6.07) is 5.71. The van der Waals surface area contributed by atoms with Crippen LogP contribution in [-0.2, 0) is 13.6 Å². The van der Waals surface area contributed by atoms with Gasteiger partial charge in [0.25, 0.3) is 0 Å². The highest BCUT2D eigenvalue weighted by Crippen LogP contribution is 2.50. The molecule has 1 aromatic rings. The highest BCUT2D eigenvalue weighted by atomic mass is 31.2. The number of aryl methyl sites for hydroxylation is 2. The summed E-state index contributed by atoms with van der Waals surface area (Å²) in [7, 11) is -3.50. The Labute approximate surface area is 103 Å². The van der Waals surface area contributed by atoms with Crippen molar-refractivity contribution in [1.82, 2.24) is 0 Å². The van der Waals surface area contributed by atoms with Gasteiger partial charge in [-0.1, -0.05) is 18.2 Å². The fourth-order valence-corrected chi connectivity index (χ4v) is 2.79. The number of benzene rings is 1. The standard InChI is InChI=1S/C12H19O4P/c1-5-14-17(13,15-6-2)16-12-10(3)8-7-9-11(12)4/h7-9H,5-6H2,1-4H3. The van der Waals surface area contributed by atoms with Gasteiger partial charge in [0.1, 0.15) is 5.75 Å². The van der Waals surface area contributed by atoms with Crippen molar-refractivity contribution in [3.05, 3.63) is 29.3 Å². The van der Waals surface area contributed by atoms with Crippen LogP contribution in [0.25, 0.3) is 0 Å². The second kappa shape index (κ2) is 6.20. The van der Waals surface area contributed by atoms with Crippen LogP contribution in [-0.4, -0.2) is 13.2 Å². The molecule has 0 aliphatic heterocycles. The number of hydrogen-bond donors (Lipinski definition) is 0. The summed E-state index contributed by atoms with van der Waals surface area (Å²) in [4.78, 5) is 0. The van der Waals surface area contributed by atoms with Crippen LogP contribution in [0, 0.1) is 13.8 Å². The zero-order valence-electron chi connectivity index (χ0n) is 10.7. The van der Waals surface area contributed by atoms with Gasteiger partial charge in [-0.25, -0.2) is 4.57 Å². The summed E-state index contributed by atoms with van der Waals surface area (Å²) in [6.45, 7) is 7.85. The molecule has 0 aliphatic rings. The predicted molar refractivity (Wildman–Crippen MR) is 67.4 cm³/mol. The van der Waals surface area contributed by atoms with E-state index < -0.39 is 7.82 Å². The Balaban J connectivity index is 2.97. The van der Waals surface area contributed by atoms with Crippen LogP contribution in [0.5, 0.6) is 5.75 Å². The van der Waals surface area contributed by atoms with Crippen LogP contribution < -0.4 is 4.52 Å². The van der Waals surface area contributed by atoms with Crippen molar-refractivity contribution in [1.29, 1.82) is 0 Å². The van der Waals surface area contributed by atoms with Gasteiger partial charge in [0, 0.05) is 0 Å². The van der Waals surface area contributed by atoms with Gasteiger partial charge in [-0.15, -0.1) is 0 Å². The van der Waals surface area contributed by atoms with E-state index >= 15 is 0 Å². The van der Waals surface area contributed by atoms with Crippen LogP contribution >= 0.6 is 7.82 Å². The molecule has 17 heavy (non-hydrogen) atoms.